The minimum Gasteiger partial charge on any atom is -0.488 e. The molecule has 2 aromatic carbocycles. The van der Waals surface area contributed by atoms with E-state index in [1.807, 2.05) is 42.5 Å². The standard InChI is InChI=1S/C16H14ClNO2/c1-2-12-9-15(17)8-7-14(12)11-20-16-6-4-3-5-13(16)10-18-19/h2-10,19H,1,11H2/b18-10+. The number of rotatable bonds is 5. The molecule has 0 aliphatic carbocycles. The van der Waals surface area contributed by atoms with Gasteiger partial charge in [-0.05, 0) is 35.4 Å². The van der Waals surface area contributed by atoms with Crippen molar-refractivity contribution in [1.82, 2.24) is 0 Å². The Balaban J connectivity index is 2.19. The zero-order chi connectivity index (χ0) is 14.4. The van der Waals surface area contributed by atoms with Gasteiger partial charge in [0.25, 0.3) is 0 Å². The van der Waals surface area contributed by atoms with Crippen molar-refractivity contribution in [2.24, 2.45) is 5.16 Å². The minimum atomic E-state index is 0.384. The van der Waals surface area contributed by atoms with Crippen molar-refractivity contribution in [2.45, 2.75) is 6.61 Å². The van der Waals surface area contributed by atoms with Gasteiger partial charge in [-0.15, -0.1) is 0 Å². The number of hydrogen-bond donors (Lipinski definition) is 1. The number of oxime groups is 1. The Morgan fingerprint density at radius 1 is 1.20 bits per heavy atom. The highest BCUT2D eigenvalue weighted by molar-refractivity contribution is 6.30. The first-order chi connectivity index (χ1) is 9.74. The lowest BCUT2D eigenvalue weighted by Crippen LogP contribution is -2.00. The van der Waals surface area contributed by atoms with Gasteiger partial charge in [-0.25, -0.2) is 0 Å². The number of benzene rings is 2. The summed E-state index contributed by atoms with van der Waals surface area (Å²) >= 11 is 5.95. The molecule has 0 fully saturated rings. The first-order valence-corrected chi connectivity index (χ1v) is 6.42. The summed E-state index contributed by atoms with van der Waals surface area (Å²) in [6, 6.07) is 12.9. The van der Waals surface area contributed by atoms with Gasteiger partial charge in [-0.1, -0.05) is 47.6 Å². The van der Waals surface area contributed by atoms with Crippen LogP contribution in [0.15, 0.2) is 54.2 Å². The van der Waals surface area contributed by atoms with Gasteiger partial charge in [-0.3, -0.25) is 0 Å². The maximum Gasteiger partial charge on any atom is 0.128 e. The zero-order valence-electron chi connectivity index (χ0n) is 10.8. The smallest absolute Gasteiger partial charge is 0.128 e. The Morgan fingerprint density at radius 2 is 2.00 bits per heavy atom. The maximum atomic E-state index is 8.63. The van der Waals surface area contributed by atoms with Gasteiger partial charge >= 0.3 is 0 Å². The Labute approximate surface area is 122 Å². The van der Waals surface area contributed by atoms with Crippen LogP contribution < -0.4 is 4.74 Å². The predicted molar refractivity (Wildman–Crippen MR) is 81.7 cm³/mol. The average Bonchev–Trinajstić information content (AvgIpc) is 2.47. The second-order valence-electron chi connectivity index (χ2n) is 4.12. The molecule has 0 saturated heterocycles. The third kappa shape index (κ3) is 3.39. The predicted octanol–water partition coefficient (Wildman–Crippen LogP) is 4.37. The number of nitrogens with zero attached hydrogens (tertiary/aromatic N) is 1. The normalized spacial score (nSPS) is 10.7. The molecule has 4 heteroatoms. The van der Waals surface area contributed by atoms with Crippen molar-refractivity contribution in [3.05, 3.63) is 70.8 Å². The van der Waals surface area contributed by atoms with E-state index in [1.54, 1.807) is 6.08 Å². The molecule has 0 aliphatic heterocycles. The van der Waals surface area contributed by atoms with Crippen LogP contribution >= 0.6 is 11.6 Å². The zero-order valence-corrected chi connectivity index (χ0v) is 11.5. The monoisotopic (exact) mass is 287 g/mol. The minimum absolute atomic E-state index is 0.384. The fraction of sp³-hybridized carbons (Fsp3) is 0.0625. The maximum absolute atomic E-state index is 8.63. The molecule has 2 aromatic rings. The molecule has 0 bridgehead atoms. The molecule has 0 aromatic heterocycles. The molecule has 3 nitrogen and oxygen atoms in total. The Morgan fingerprint density at radius 3 is 2.75 bits per heavy atom. The molecule has 0 radical (unpaired) electrons. The third-order valence-corrected chi connectivity index (χ3v) is 3.06. The first-order valence-electron chi connectivity index (χ1n) is 6.04. The van der Waals surface area contributed by atoms with E-state index in [9.17, 15) is 0 Å². The highest BCUT2D eigenvalue weighted by Crippen LogP contribution is 2.21. The second-order valence-corrected chi connectivity index (χ2v) is 4.55. The third-order valence-electron chi connectivity index (χ3n) is 2.83. The van der Waals surface area contributed by atoms with E-state index in [1.165, 1.54) is 6.21 Å². The molecule has 0 atom stereocenters. The summed E-state index contributed by atoms with van der Waals surface area (Å²) in [6.07, 6.45) is 3.08. The molecule has 0 amide bonds. The lowest BCUT2D eigenvalue weighted by atomic mass is 10.1. The highest BCUT2D eigenvalue weighted by Gasteiger charge is 2.04. The topological polar surface area (TPSA) is 41.8 Å². The molecular weight excluding hydrogens is 274 g/mol. The van der Waals surface area contributed by atoms with Crippen LogP contribution in [0.2, 0.25) is 5.02 Å². The van der Waals surface area contributed by atoms with Crippen molar-refractivity contribution in [3.63, 3.8) is 0 Å². The van der Waals surface area contributed by atoms with E-state index in [0.717, 1.165) is 11.1 Å². The Hall–Kier alpha value is -2.26. The van der Waals surface area contributed by atoms with Gasteiger partial charge in [0.2, 0.25) is 0 Å². The first kappa shape index (κ1) is 14.2. The van der Waals surface area contributed by atoms with Crippen LogP contribution in [0.25, 0.3) is 6.08 Å². The van der Waals surface area contributed by atoms with Crippen LogP contribution in [0, 0.1) is 0 Å². The fourth-order valence-corrected chi connectivity index (χ4v) is 2.00. The molecule has 0 heterocycles. The molecular formula is C16H14ClNO2. The Bertz CT molecular complexity index is 638. The van der Waals surface area contributed by atoms with Crippen LogP contribution in [-0.4, -0.2) is 11.4 Å². The van der Waals surface area contributed by atoms with Crippen LogP contribution in [0.3, 0.4) is 0 Å². The largest absolute Gasteiger partial charge is 0.488 e. The lowest BCUT2D eigenvalue weighted by molar-refractivity contribution is 0.304. The van der Waals surface area contributed by atoms with Crippen molar-refractivity contribution in [1.29, 1.82) is 0 Å². The van der Waals surface area contributed by atoms with E-state index < -0.39 is 0 Å². The lowest BCUT2D eigenvalue weighted by Gasteiger charge is -2.11. The second kappa shape index (κ2) is 6.78. The highest BCUT2D eigenvalue weighted by atomic mass is 35.5. The number of para-hydroxylation sites is 1. The fourth-order valence-electron chi connectivity index (χ4n) is 1.82. The van der Waals surface area contributed by atoms with Crippen LogP contribution in [0.1, 0.15) is 16.7 Å². The number of ether oxygens (including phenoxy) is 1. The molecule has 0 saturated carbocycles. The molecule has 0 spiro atoms. The summed E-state index contributed by atoms with van der Waals surface area (Å²) < 4.78 is 5.76. The van der Waals surface area contributed by atoms with Crippen LogP contribution in [0.4, 0.5) is 0 Å². The van der Waals surface area contributed by atoms with Crippen LogP contribution in [0.5, 0.6) is 5.75 Å². The van der Waals surface area contributed by atoms with Gasteiger partial charge in [-0.2, -0.15) is 0 Å². The summed E-state index contributed by atoms with van der Waals surface area (Å²) in [6.45, 7) is 4.15. The molecule has 0 aliphatic rings. The van der Waals surface area contributed by atoms with E-state index in [4.69, 9.17) is 21.5 Å². The number of halogens is 1. The van der Waals surface area contributed by atoms with Gasteiger partial charge in [0, 0.05) is 10.6 Å². The van der Waals surface area contributed by atoms with Crippen molar-refractivity contribution >= 4 is 23.9 Å². The summed E-state index contributed by atoms with van der Waals surface area (Å²) in [5, 5.41) is 12.3. The Kier molecular flexibility index (Phi) is 4.80. The van der Waals surface area contributed by atoms with Crippen LogP contribution in [-0.2, 0) is 6.61 Å². The van der Waals surface area contributed by atoms with E-state index in [0.29, 0.717) is 22.9 Å². The van der Waals surface area contributed by atoms with Crippen molar-refractivity contribution < 1.29 is 9.94 Å². The van der Waals surface area contributed by atoms with Crippen molar-refractivity contribution in [2.75, 3.05) is 0 Å². The number of hydrogen-bond acceptors (Lipinski definition) is 3. The average molecular weight is 288 g/mol. The molecule has 2 rings (SSSR count). The molecule has 0 unspecified atom stereocenters. The van der Waals surface area contributed by atoms with Gasteiger partial charge in [0.15, 0.2) is 0 Å². The quantitative estimate of drug-likeness (QED) is 0.504. The molecule has 20 heavy (non-hydrogen) atoms. The molecule has 102 valence electrons. The summed E-state index contributed by atoms with van der Waals surface area (Å²) in [5.41, 5.74) is 2.63. The SMILES string of the molecule is C=Cc1cc(Cl)ccc1COc1ccccc1/C=N/O. The van der Waals surface area contributed by atoms with E-state index in [2.05, 4.69) is 11.7 Å². The molecule has 1 N–H and O–H groups in total. The van der Waals surface area contributed by atoms with Crippen molar-refractivity contribution in [3.8, 4) is 5.75 Å². The summed E-state index contributed by atoms with van der Waals surface area (Å²) in [7, 11) is 0. The van der Waals surface area contributed by atoms with Gasteiger partial charge in [0.05, 0.1) is 6.21 Å². The van der Waals surface area contributed by atoms with E-state index >= 15 is 0 Å². The summed E-state index contributed by atoms with van der Waals surface area (Å²) in [4.78, 5) is 0. The van der Waals surface area contributed by atoms with Gasteiger partial charge < -0.3 is 9.94 Å². The summed E-state index contributed by atoms with van der Waals surface area (Å²) in [5.74, 6) is 0.648. The van der Waals surface area contributed by atoms with Gasteiger partial charge in [0.1, 0.15) is 12.4 Å². The van der Waals surface area contributed by atoms with E-state index in [-0.39, 0.29) is 0 Å².